The first-order valence-corrected chi connectivity index (χ1v) is 8.82. The Hall–Kier alpha value is -2.68. The lowest BCUT2D eigenvalue weighted by Crippen LogP contribution is -2.13. The third-order valence-corrected chi connectivity index (χ3v) is 4.14. The Balaban J connectivity index is 2.25. The number of halogens is 2. The van der Waals surface area contributed by atoms with Gasteiger partial charge in [0.15, 0.2) is 11.5 Å². The number of amides is 1. The third-order valence-electron chi connectivity index (χ3n) is 3.40. The molecule has 140 valence electrons. The van der Waals surface area contributed by atoms with Crippen LogP contribution in [0.1, 0.15) is 19.4 Å². The van der Waals surface area contributed by atoms with Crippen molar-refractivity contribution in [2.24, 2.45) is 0 Å². The zero-order valence-corrected chi connectivity index (χ0v) is 16.6. The van der Waals surface area contributed by atoms with E-state index in [4.69, 9.17) is 32.7 Å². The molecule has 5 nitrogen and oxygen atoms in total. The highest BCUT2D eigenvalue weighted by molar-refractivity contribution is 6.42. The normalized spacial score (nSPS) is 11.1. The number of methoxy groups -OCH3 is 1. The van der Waals surface area contributed by atoms with Crippen molar-refractivity contribution in [3.63, 3.8) is 0 Å². The molecule has 1 amide bonds. The van der Waals surface area contributed by atoms with Gasteiger partial charge in [-0.25, -0.2) is 0 Å². The Kier molecular flexibility index (Phi) is 7.12. The molecule has 0 spiro atoms. The molecule has 0 heterocycles. The van der Waals surface area contributed by atoms with Gasteiger partial charge >= 0.3 is 0 Å². The van der Waals surface area contributed by atoms with Crippen LogP contribution in [-0.2, 0) is 4.79 Å². The summed E-state index contributed by atoms with van der Waals surface area (Å²) in [4.78, 5) is 12.4. The van der Waals surface area contributed by atoms with Gasteiger partial charge in [-0.1, -0.05) is 29.3 Å². The zero-order chi connectivity index (χ0) is 20.0. The van der Waals surface area contributed by atoms with E-state index in [1.165, 1.54) is 19.3 Å². The number of nitrogens with one attached hydrogen (secondary N) is 1. The first-order valence-electron chi connectivity index (χ1n) is 8.07. The van der Waals surface area contributed by atoms with Crippen molar-refractivity contribution in [2.75, 3.05) is 12.4 Å². The SMILES string of the molecule is COc1cc(/C=C(\C#N)C(=O)Nc2ccc(Cl)c(Cl)c2)ccc1OC(C)C. The molecule has 0 fully saturated rings. The summed E-state index contributed by atoms with van der Waals surface area (Å²) in [5.41, 5.74) is 0.998. The van der Waals surface area contributed by atoms with Crippen molar-refractivity contribution in [1.29, 1.82) is 5.26 Å². The molecular formula is C20H18Cl2N2O3. The van der Waals surface area contributed by atoms with Gasteiger partial charge in [0.1, 0.15) is 11.6 Å². The Bertz CT molecular complexity index is 918. The van der Waals surface area contributed by atoms with Gasteiger partial charge in [0.25, 0.3) is 5.91 Å². The van der Waals surface area contributed by atoms with Crippen molar-refractivity contribution in [2.45, 2.75) is 20.0 Å². The first-order chi connectivity index (χ1) is 12.8. The number of benzene rings is 2. The van der Waals surface area contributed by atoms with Gasteiger partial charge in [-0.2, -0.15) is 5.26 Å². The lowest BCUT2D eigenvalue weighted by Gasteiger charge is -2.14. The summed E-state index contributed by atoms with van der Waals surface area (Å²) in [5.74, 6) is 0.542. The van der Waals surface area contributed by atoms with Crippen LogP contribution in [0.25, 0.3) is 6.08 Å². The number of nitriles is 1. The van der Waals surface area contributed by atoms with Crippen LogP contribution in [0.2, 0.25) is 10.0 Å². The smallest absolute Gasteiger partial charge is 0.266 e. The van der Waals surface area contributed by atoms with Crippen molar-refractivity contribution in [3.8, 4) is 17.6 Å². The van der Waals surface area contributed by atoms with Crippen molar-refractivity contribution < 1.29 is 14.3 Å². The fourth-order valence-electron chi connectivity index (χ4n) is 2.21. The molecule has 2 aromatic carbocycles. The molecular weight excluding hydrogens is 387 g/mol. The lowest BCUT2D eigenvalue weighted by atomic mass is 10.1. The van der Waals surface area contributed by atoms with E-state index >= 15 is 0 Å². The number of carbonyl (C=O) groups is 1. The Morgan fingerprint density at radius 3 is 2.48 bits per heavy atom. The van der Waals surface area contributed by atoms with Crippen LogP contribution in [0.5, 0.6) is 11.5 Å². The quantitative estimate of drug-likeness (QED) is 0.521. The Morgan fingerprint density at radius 1 is 1.15 bits per heavy atom. The number of nitrogens with zero attached hydrogens (tertiary/aromatic N) is 1. The number of rotatable bonds is 6. The molecule has 0 radical (unpaired) electrons. The van der Waals surface area contributed by atoms with Gasteiger partial charge in [0, 0.05) is 5.69 Å². The van der Waals surface area contributed by atoms with Gasteiger partial charge < -0.3 is 14.8 Å². The summed E-state index contributed by atoms with van der Waals surface area (Å²) in [6.07, 6.45) is 1.46. The van der Waals surface area contributed by atoms with E-state index in [2.05, 4.69) is 5.32 Å². The molecule has 0 aromatic heterocycles. The number of carbonyl (C=O) groups excluding carboxylic acids is 1. The molecule has 2 rings (SSSR count). The fourth-order valence-corrected chi connectivity index (χ4v) is 2.51. The molecule has 7 heteroatoms. The molecule has 0 saturated heterocycles. The molecule has 2 aromatic rings. The summed E-state index contributed by atoms with van der Waals surface area (Å²) in [6, 6.07) is 11.7. The Labute approximate surface area is 168 Å². The second kappa shape index (κ2) is 9.31. The van der Waals surface area contributed by atoms with Crippen LogP contribution in [-0.4, -0.2) is 19.1 Å². The highest BCUT2D eigenvalue weighted by Gasteiger charge is 2.12. The minimum absolute atomic E-state index is 0.00746. The summed E-state index contributed by atoms with van der Waals surface area (Å²) in [5, 5.41) is 12.7. The molecule has 0 bridgehead atoms. The van der Waals surface area contributed by atoms with E-state index in [0.29, 0.717) is 32.8 Å². The molecule has 0 aliphatic rings. The molecule has 0 aliphatic heterocycles. The van der Waals surface area contributed by atoms with Crippen molar-refractivity contribution >= 4 is 40.9 Å². The van der Waals surface area contributed by atoms with Crippen LogP contribution in [0.3, 0.4) is 0 Å². The summed E-state index contributed by atoms with van der Waals surface area (Å²) in [6.45, 7) is 3.82. The van der Waals surface area contributed by atoms with Gasteiger partial charge in [-0.3, -0.25) is 4.79 Å². The average Bonchev–Trinajstić information content (AvgIpc) is 2.63. The molecule has 0 saturated carbocycles. The standard InChI is InChI=1S/C20H18Cl2N2O3/c1-12(2)27-18-7-4-13(9-19(18)26-3)8-14(11-23)20(25)24-15-5-6-16(21)17(22)10-15/h4-10,12H,1-3H3,(H,24,25)/b14-8+. The van der Waals surface area contributed by atoms with E-state index in [9.17, 15) is 10.1 Å². The van der Waals surface area contributed by atoms with Crippen LogP contribution in [0.15, 0.2) is 42.0 Å². The largest absolute Gasteiger partial charge is 0.493 e. The number of hydrogen-bond donors (Lipinski definition) is 1. The highest BCUT2D eigenvalue weighted by Crippen LogP contribution is 2.30. The van der Waals surface area contributed by atoms with Crippen LogP contribution >= 0.6 is 23.2 Å². The van der Waals surface area contributed by atoms with Crippen LogP contribution < -0.4 is 14.8 Å². The lowest BCUT2D eigenvalue weighted by molar-refractivity contribution is -0.112. The highest BCUT2D eigenvalue weighted by atomic mass is 35.5. The van der Waals surface area contributed by atoms with E-state index in [0.717, 1.165) is 0 Å². The molecule has 0 unspecified atom stereocenters. The summed E-state index contributed by atoms with van der Waals surface area (Å²) < 4.78 is 11.0. The maximum absolute atomic E-state index is 12.4. The number of hydrogen-bond acceptors (Lipinski definition) is 4. The molecule has 27 heavy (non-hydrogen) atoms. The predicted octanol–water partition coefficient (Wildman–Crippen LogP) is 5.33. The average molecular weight is 405 g/mol. The van der Waals surface area contributed by atoms with Gasteiger partial charge in [-0.05, 0) is 55.8 Å². The number of ether oxygens (including phenoxy) is 2. The minimum Gasteiger partial charge on any atom is -0.493 e. The number of anilines is 1. The zero-order valence-electron chi connectivity index (χ0n) is 15.0. The fraction of sp³-hybridized carbons (Fsp3) is 0.200. The van der Waals surface area contributed by atoms with E-state index in [1.54, 1.807) is 30.3 Å². The second-order valence-corrected chi connectivity index (χ2v) is 6.64. The van der Waals surface area contributed by atoms with Crippen molar-refractivity contribution in [3.05, 3.63) is 57.6 Å². The minimum atomic E-state index is -0.558. The summed E-state index contributed by atoms with van der Waals surface area (Å²) in [7, 11) is 1.53. The van der Waals surface area contributed by atoms with Crippen LogP contribution in [0, 0.1) is 11.3 Å². The molecule has 0 atom stereocenters. The summed E-state index contributed by atoms with van der Waals surface area (Å²) >= 11 is 11.8. The third kappa shape index (κ3) is 5.65. The van der Waals surface area contributed by atoms with Crippen LogP contribution in [0.4, 0.5) is 5.69 Å². The maximum Gasteiger partial charge on any atom is 0.266 e. The maximum atomic E-state index is 12.4. The first kappa shape index (κ1) is 20.6. The van der Waals surface area contributed by atoms with E-state index in [-0.39, 0.29) is 11.7 Å². The Morgan fingerprint density at radius 2 is 1.89 bits per heavy atom. The van der Waals surface area contributed by atoms with E-state index < -0.39 is 5.91 Å². The van der Waals surface area contributed by atoms with Crippen molar-refractivity contribution in [1.82, 2.24) is 0 Å². The molecule has 0 aliphatic carbocycles. The van der Waals surface area contributed by atoms with Gasteiger partial charge in [0.05, 0.1) is 23.3 Å². The monoisotopic (exact) mass is 404 g/mol. The van der Waals surface area contributed by atoms with Gasteiger partial charge in [0.2, 0.25) is 0 Å². The predicted molar refractivity (Wildman–Crippen MR) is 107 cm³/mol. The second-order valence-electron chi connectivity index (χ2n) is 5.83. The van der Waals surface area contributed by atoms with E-state index in [1.807, 2.05) is 19.9 Å². The molecule has 1 N–H and O–H groups in total. The topological polar surface area (TPSA) is 71.3 Å². The van der Waals surface area contributed by atoms with Gasteiger partial charge in [-0.15, -0.1) is 0 Å².